The fourth-order valence-corrected chi connectivity index (χ4v) is 2.77. The molecule has 0 aromatic heterocycles. The molecule has 0 atom stereocenters. The van der Waals surface area contributed by atoms with Crippen molar-refractivity contribution in [3.63, 3.8) is 0 Å². The molecule has 0 aliphatic rings. The Hall–Kier alpha value is -4.13. The van der Waals surface area contributed by atoms with Crippen LogP contribution < -0.4 is 21.3 Å². The van der Waals surface area contributed by atoms with Gasteiger partial charge in [-0.3, -0.25) is 9.59 Å². The largest absolute Gasteiger partial charge is 0.355 e. The van der Waals surface area contributed by atoms with E-state index in [2.05, 4.69) is 21.3 Å². The van der Waals surface area contributed by atoms with Crippen molar-refractivity contribution in [1.29, 1.82) is 0 Å². The third kappa shape index (κ3) is 5.68. The first-order valence-electron chi connectivity index (χ1n) is 9.37. The first kappa shape index (κ1) is 20.6. The molecule has 0 bridgehead atoms. The number of rotatable bonds is 6. The van der Waals surface area contributed by atoms with E-state index >= 15 is 0 Å². The standard InChI is InChI=1S/C23H22N4O3/c1-24-21(28)18-7-5-6-16(14-18)15-25-22(29)17-10-12-20(13-11-17)27-23(30)26-19-8-3-2-4-9-19/h2-14H,15H2,1H3,(H,24,28)(H,25,29)(H2,26,27,30). The molecular formula is C23H22N4O3. The number of carbonyl (C=O) groups is 3. The zero-order chi connectivity index (χ0) is 21.3. The molecule has 0 aliphatic heterocycles. The van der Waals surface area contributed by atoms with Gasteiger partial charge in [0.15, 0.2) is 0 Å². The molecule has 0 fully saturated rings. The molecule has 30 heavy (non-hydrogen) atoms. The Morgan fingerprint density at radius 3 is 2.03 bits per heavy atom. The van der Waals surface area contributed by atoms with Crippen molar-refractivity contribution in [3.8, 4) is 0 Å². The summed E-state index contributed by atoms with van der Waals surface area (Å²) in [6, 6.07) is 22.4. The first-order chi connectivity index (χ1) is 14.5. The van der Waals surface area contributed by atoms with Crippen LogP contribution in [-0.4, -0.2) is 24.9 Å². The van der Waals surface area contributed by atoms with E-state index in [0.29, 0.717) is 29.0 Å². The van der Waals surface area contributed by atoms with Crippen LogP contribution in [0.2, 0.25) is 0 Å². The minimum Gasteiger partial charge on any atom is -0.355 e. The average molecular weight is 402 g/mol. The molecular weight excluding hydrogens is 380 g/mol. The van der Waals surface area contributed by atoms with Gasteiger partial charge in [0.2, 0.25) is 0 Å². The zero-order valence-electron chi connectivity index (χ0n) is 16.4. The smallest absolute Gasteiger partial charge is 0.323 e. The van der Waals surface area contributed by atoms with Crippen LogP contribution in [-0.2, 0) is 6.54 Å². The number of hydrogen-bond donors (Lipinski definition) is 4. The fourth-order valence-electron chi connectivity index (χ4n) is 2.77. The summed E-state index contributed by atoms with van der Waals surface area (Å²) in [5, 5.41) is 10.8. The Morgan fingerprint density at radius 1 is 0.700 bits per heavy atom. The number of urea groups is 1. The van der Waals surface area contributed by atoms with Crippen molar-refractivity contribution >= 4 is 29.2 Å². The highest BCUT2D eigenvalue weighted by molar-refractivity contribution is 6.00. The van der Waals surface area contributed by atoms with Crippen LogP contribution in [0.15, 0.2) is 78.9 Å². The molecule has 3 aromatic rings. The number of carbonyl (C=O) groups excluding carboxylic acids is 3. The molecule has 0 unspecified atom stereocenters. The topological polar surface area (TPSA) is 99.3 Å². The lowest BCUT2D eigenvalue weighted by Gasteiger charge is -2.09. The van der Waals surface area contributed by atoms with E-state index in [-0.39, 0.29) is 17.8 Å². The SMILES string of the molecule is CNC(=O)c1cccc(CNC(=O)c2ccc(NC(=O)Nc3ccccc3)cc2)c1. The van der Waals surface area contributed by atoms with Crippen LogP contribution in [0.3, 0.4) is 0 Å². The molecule has 7 heteroatoms. The second-order valence-electron chi connectivity index (χ2n) is 6.48. The van der Waals surface area contributed by atoms with Crippen LogP contribution in [0.1, 0.15) is 26.3 Å². The highest BCUT2D eigenvalue weighted by Gasteiger charge is 2.08. The van der Waals surface area contributed by atoms with Gasteiger partial charge in [0.25, 0.3) is 11.8 Å². The van der Waals surface area contributed by atoms with Gasteiger partial charge in [-0.25, -0.2) is 4.79 Å². The Kier molecular flexibility index (Phi) is 6.78. The quantitative estimate of drug-likeness (QED) is 0.507. The number of benzene rings is 3. The summed E-state index contributed by atoms with van der Waals surface area (Å²) in [6.07, 6.45) is 0. The normalized spacial score (nSPS) is 10.0. The van der Waals surface area contributed by atoms with Crippen molar-refractivity contribution in [2.75, 3.05) is 17.7 Å². The van der Waals surface area contributed by atoms with Crippen LogP contribution in [0.4, 0.5) is 16.2 Å². The number of hydrogen-bond acceptors (Lipinski definition) is 3. The third-order valence-corrected chi connectivity index (χ3v) is 4.31. The van der Waals surface area contributed by atoms with Crippen LogP contribution in [0.25, 0.3) is 0 Å². The van der Waals surface area contributed by atoms with Gasteiger partial charge in [-0.2, -0.15) is 0 Å². The molecule has 0 spiro atoms. The number of nitrogens with one attached hydrogen (secondary N) is 4. The number of amides is 4. The minimum atomic E-state index is -0.366. The van der Waals surface area contributed by atoms with Gasteiger partial charge in [0.05, 0.1) is 0 Å². The van der Waals surface area contributed by atoms with Gasteiger partial charge in [0, 0.05) is 36.1 Å². The van der Waals surface area contributed by atoms with E-state index < -0.39 is 0 Å². The van der Waals surface area contributed by atoms with E-state index in [1.165, 1.54) is 0 Å². The van der Waals surface area contributed by atoms with E-state index in [4.69, 9.17) is 0 Å². The van der Waals surface area contributed by atoms with Crippen LogP contribution in [0, 0.1) is 0 Å². The molecule has 3 aromatic carbocycles. The summed E-state index contributed by atoms with van der Waals surface area (Å²) in [5.41, 5.74) is 3.07. The lowest BCUT2D eigenvalue weighted by molar-refractivity contribution is 0.0948. The second-order valence-corrected chi connectivity index (χ2v) is 6.48. The maximum absolute atomic E-state index is 12.4. The predicted molar refractivity (Wildman–Crippen MR) is 117 cm³/mol. The summed E-state index contributed by atoms with van der Waals surface area (Å²) in [7, 11) is 1.57. The van der Waals surface area contributed by atoms with Gasteiger partial charge >= 0.3 is 6.03 Å². The third-order valence-electron chi connectivity index (χ3n) is 4.31. The molecule has 152 valence electrons. The van der Waals surface area contributed by atoms with E-state index in [9.17, 15) is 14.4 Å². The summed E-state index contributed by atoms with van der Waals surface area (Å²) in [6.45, 7) is 0.295. The molecule has 7 nitrogen and oxygen atoms in total. The Labute approximate surface area is 174 Å². The summed E-state index contributed by atoms with van der Waals surface area (Å²) in [4.78, 5) is 36.1. The van der Waals surface area contributed by atoms with E-state index in [1.807, 2.05) is 24.3 Å². The summed E-state index contributed by atoms with van der Waals surface area (Å²) in [5.74, 6) is -0.428. The van der Waals surface area contributed by atoms with E-state index in [1.54, 1.807) is 61.6 Å². The van der Waals surface area contributed by atoms with Gasteiger partial charge in [-0.05, 0) is 54.1 Å². The Balaban J connectivity index is 1.53. The van der Waals surface area contributed by atoms with Crippen molar-refractivity contribution in [2.45, 2.75) is 6.54 Å². The highest BCUT2D eigenvalue weighted by Crippen LogP contribution is 2.12. The molecule has 4 amide bonds. The number of para-hydroxylation sites is 1. The molecule has 0 radical (unpaired) electrons. The van der Waals surface area contributed by atoms with Crippen molar-refractivity contribution in [3.05, 3.63) is 95.6 Å². The predicted octanol–water partition coefficient (Wildman–Crippen LogP) is 3.62. The highest BCUT2D eigenvalue weighted by atomic mass is 16.2. The fraction of sp³-hybridized carbons (Fsp3) is 0.0870. The number of anilines is 2. The first-order valence-corrected chi connectivity index (χ1v) is 9.37. The Morgan fingerprint density at radius 2 is 1.37 bits per heavy atom. The van der Waals surface area contributed by atoms with Gasteiger partial charge in [0.1, 0.15) is 0 Å². The molecule has 0 saturated carbocycles. The average Bonchev–Trinajstić information content (AvgIpc) is 2.78. The van der Waals surface area contributed by atoms with Crippen molar-refractivity contribution in [2.24, 2.45) is 0 Å². The van der Waals surface area contributed by atoms with Crippen molar-refractivity contribution < 1.29 is 14.4 Å². The molecule has 0 aliphatic carbocycles. The lowest BCUT2D eigenvalue weighted by atomic mass is 10.1. The molecule has 3 rings (SSSR count). The van der Waals surface area contributed by atoms with Crippen LogP contribution in [0.5, 0.6) is 0 Å². The second kappa shape index (κ2) is 9.88. The van der Waals surface area contributed by atoms with E-state index in [0.717, 1.165) is 5.56 Å². The van der Waals surface area contributed by atoms with Gasteiger partial charge in [-0.15, -0.1) is 0 Å². The minimum absolute atomic E-state index is 0.178. The summed E-state index contributed by atoms with van der Waals surface area (Å²) >= 11 is 0. The summed E-state index contributed by atoms with van der Waals surface area (Å²) < 4.78 is 0. The lowest BCUT2D eigenvalue weighted by Crippen LogP contribution is -2.23. The maximum Gasteiger partial charge on any atom is 0.323 e. The molecule has 0 heterocycles. The molecule has 4 N–H and O–H groups in total. The monoisotopic (exact) mass is 402 g/mol. The molecule has 0 saturated heterocycles. The zero-order valence-corrected chi connectivity index (χ0v) is 16.4. The van der Waals surface area contributed by atoms with Gasteiger partial charge < -0.3 is 21.3 Å². The maximum atomic E-state index is 12.4. The van der Waals surface area contributed by atoms with Crippen molar-refractivity contribution in [1.82, 2.24) is 10.6 Å². The van der Waals surface area contributed by atoms with Crippen LogP contribution >= 0.6 is 0 Å². The van der Waals surface area contributed by atoms with Gasteiger partial charge in [-0.1, -0.05) is 30.3 Å². The Bertz CT molecular complexity index is 1030.